The van der Waals surface area contributed by atoms with Crippen LogP contribution in [0.15, 0.2) is 18.2 Å². The van der Waals surface area contributed by atoms with Gasteiger partial charge in [0.15, 0.2) is 6.79 Å². The highest BCUT2D eigenvalue weighted by molar-refractivity contribution is 6.63. The first-order valence-electron chi connectivity index (χ1n) is 9.80. The third-order valence-corrected chi connectivity index (χ3v) is 5.60. The van der Waals surface area contributed by atoms with Gasteiger partial charge in [-0.2, -0.15) is 0 Å². The SMILES string of the molecule is COCOc1ccc(C(C)(C)CC(C)(C)C)cc1B1OC(C)(C)C(C)(C)O1. The fourth-order valence-corrected chi connectivity index (χ4v) is 3.81. The van der Waals surface area contributed by atoms with Gasteiger partial charge in [0.25, 0.3) is 0 Å². The molecule has 1 saturated heterocycles. The van der Waals surface area contributed by atoms with Crippen LogP contribution in [-0.2, 0) is 19.5 Å². The van der Waals surface area contributed by atoms with E-state index in [4.69, 9.17) is 18.8 Å². The van der Waals surface area contributed by atoms with Gasteiger partial charge in [-0.05, 0) is 56.6 Å². The molecule has 1 aliphatic rings. The molecule has 1 aliphatic heterocycles. The summed E-state index contributed by atoms with van der Waals surface area (Å²) in [4.78, 5) is 0. The van der Waals surface area contributed by atoms with Gasteiger partial charge in [0.05, 0.1) is 11.2 Å². The lowest BCUT2D eigenvalue weighted by atomic mass is 9.69. The van der Waals surface area contributed by atoms with Gasteiger partial charge in [0.1, 0.15) is 5.75 Å². The zero-order valence-electron chi connectivity index (χ0n) is 18.9. The van der Waals surface area contributed by atoms with E-state index in [1.807, 2.05) is 6.07 Å². The Labute approximate surface area is 166 Å². The van der Waals surface area contributed by atoms with E-state index in [9.17, 15) is 0 Å². The average molecular weight is 376 g/mol. The van der Waals surface area contributed by atoms with Crippen molar-refractivity contribution in [3.8, 4) is 5.75 Å². The smallest absolute Gasteiger partial charge is 0.468 e. The highest BCUT2D eigenvalue weighted by Gasteiger charge is 2.52. The van der Waals surface area contributed by atoms with Gasteiger partial charge in [0.2, 0.25) is 0 Å². The van der Waals surface area contributed by atoms with E-state index in [1.54, 1.807) is 7.11 Å². The van der Waals surface area contributed by atoms with Crippen molar-refractivity contribution in [3.63, 3.8) is 0 Å². The third-order valence-electron chi connectivity index (χ3n) is 5.60. The van der Waals surface area contributed by atoms with E-state index in [-0.39, 0.29) is 17.6 Å². The molecule has 0 amide bonds. The lowest BCUT2D eigenvalue weighted by Crippen LogP contribution is -2.41. The van der Waals surface area contributed by atoms with Crippen LogP contribution in [-0.4, -0.2) is 32.2 Å². The first-order chi connectivity index (χ1) is 12.2. The Balaban J connectivity index is 2.44. The van der Waals surface area contributed by atoms with Crippen molar-refractivity contribution >= 4 is 12.6 Å². The van der Waals surface area contributed by atoms with Crippen molar-refractivity contribution in [1.29, 1.82) is 0 Å². The number of rotatable bonds is 6. The van der Waals surface area contributed by atoms with Gasteiger partial charge >= 0.3 is 7.12 Å². The molecule has 0 unspecified atom stereocenters. The maximum atomic E-state index is 6.30. The van der Waals surface area contributed by atoms with Gasteiger partial charge in [-0.1, -0.05) is 46.8 Å². The van der Waals surface area contributed by atoms with Crippen molar-refractivity contribution < 1.29 is 18.8 Å². The summed E-state index contributed by atoms with van der Waals surface area (Å²) < 4.78 is 23.5. The van der Waals surface area contributed by atoms with Gasteiger partial charge in [-0.15, -0.1) is 0 Å². The number of hydrogen-bond donors (Lipinski definition) is 0. The second kappa shape index (κ2) is 7.42. The monoisotopic (exact) mass is 376 g/mol. The molecule has 1 aromatic carbocycles. The molecule has 0 N–H and O–H groups in total. The molecule has 0 aliphatic carbocycles. The van der Waals surface area contributed by atoms with E-state index in [2.05, 4.69) is 74.4 Å². The van der Waals surface area contributed by atoms with Crippen molar-refractivity contribution in [2.75, 3.05) is 13.9 Å². The molecule has 0 aromatic heterocycles. The lowest BCUT2D eigenvalue weighted by Gasteiger charge is -2.33. The number of benzene rings is 1. The molecule has 152 valence electrons. The van der Waals surface area contributed by atoms with Gasteiger partial charge in [-0.3, -0.25) is 0 Å². The second-order valence-corrected chi connectivity index (χ2v) is 10.5. The molecule has 2 rings (SSSR count). The molecule has 0 saturated carbocycles. The summed E-state index contributed by atoms with van der Waals surface area (Å²) in [5, 5.41) is 0. The number of methoxy groups -OCH3 is 1. The summed E-state index contributed by atoms with van der Waals surface area (Å²) in [6, 6.07) is 6.34. The van der Waals surface area contributed by atoms with Crippen LogP contribution in [0.25, 0.3) is 0 Å². The molecule has 4 nitrogen and oxygen atoms in total. The molecule has 0 radical (unpaired) electrons. The van der Waals surface area contributed by atoms with Crippen LogP contribution >= 0.6 is 0 Å². The fraction of sp³-hybridized carbons (Fsp3) is 0.727. The number of ether oxygens (including phenoxy) is 2. The zero-order valence-corrected chi connectivity index (χ0v) is 18.9. The topological polar surface area (TPSA) is 36.9 Å². The van der Waals surface area contributed by atoms with Gasteiger partial charge in [0, 0.05) is 12.6 Å². The molecule has 0 spiro atoms. The third kappa shape index (κ3) is 5.07. The van der Waals surface area contributed by atoms with Gasteiger partial charge in [-0.25, -0.2) is 0 Å². The van der Waals surface area contributed by atoms with Gasteiger partial charge < -0.3 is 18.8 Å². The highest BCUT2D eigenvalue weighted by Crippen LogP contribution is 2.39. The van der Waals surface area contributed by atoms with Crippen LogP contribution in [0.4, 0.5) is 0 Å². The summed E-state index contributed by atoms with van der Waals surface area (Å²) in [7, 11) is 1.15. The minimum Gasteiger partial charge on any atom is -0.468 e. The number of hydrogen-bond acceptors (Lipinski definition) is 4. The fourth-order valence-electron chi connectivity index (χ4n) is 3.81. The molecule has 0 atom stereocenters. The predicted octanol–water partition coefficient (Wildman–Crippen LogP) is 4.68. The molecule has 1 heterocycles. The Bertz CT molecular complexity index is 643. The summed E-state index contributed by atoms with van der Waals surface area (Å²) in [5.74, 6) is 0.741. The summed E-state index contributed by atoms with van der Waals surface area (Å²) >= 11 is 0. The van der Waals surface area contributed by atoms with Crippen LogP contribution in [0.2, 0.25) is 0 Å². The van der Waals surface area contributed by atoms with E-state index < -0.39 is 18.3 Å². The van der Waals surface area contributed by atoms with E-state index in [0.29, 0.717) is 0 Å². The summed E-state index contributed by atoms with van der Waals surface area (Å²) in [5.41, 5.74) is 1.65. The minimum absolute atomic E-state index is 0.0242. The molecular weight excluding hydrogens is 339 g/mol. The molecular formula is C22H37BO4. The standard InChI is InChI=1S/C22H37BO4/c1-19(2,3)14-20(4,5)16-11-12-18(25-15-24-10)17(13-16)23-26-21(6,7)22(8,9)27-23/h11-13H,14-15H2,1-10H3. The Hall–Kier alpha value is -1.04. The van der Waals surface area contributed by atoms with Crippen LogP contribution in [0.5, 0.6) is 5.75 Å². The maximum absolute atomic E-state index is 6.30. The van der Waals surface area contributed by atoms with Crippen molar-refractivity contribution in [2.24, 2.45) is 5.41 Å². The second-order valence-electron chi connectivity index (χ2n) is 10.5. The van der Waals surface area contributed by atoms with E-state index in [0.717, 1.165) is 17.6 Å². The van der Waals surface area contributed by atoms with Crippen molar-refractivity contribution in [3.05, 3.63) is 23.8 Å². The van der Waals surface area contributed by atoms with E-state index in [1.165, 1.54) is 5.56 Å². The lowest BCUT2D eigenvalue weighted by molar-refractivity contribution is 0.00578. The van der Waals surface area contributed by atoms with Crippen LogP contribution < -0.4 is 10.2 Å². The first kappa shape index (κ1) is 22.3. The summed E-state index contributed by atoms with van der Waals surface area (Å²) in [6.45, 7) is 19.9. The Kier molecular flexibility index (Phi) is 6.11. The normalized spacial score (nSPS) is 19.4. The maximum Gasteiger partial charge on any atom is 0.498 e. The quantitative estimate of drug-likeness (QED) is 0.534. The Morgan fingerprint density at radius 3 is 2.00 bits per heavy atom. The summed E-state index contributed by atoms with van der Waals surface area (Å²) in [6.07, 6.45) is 1.07. The average Bonchev–Trinajstić information content (AvgIpc) is 2.70. The van der Waals surface area contributed by atoms with E-state index >= 15 is 0 Å². The largest absolute Gasteiger partial charge is 0.498 e. The van der Waals surface area contributed by atoms with Crippen molar-refractivity contribution in [1.82, 2.24) is 0 Å². The molecule has 1 fully saturated rings. The van der Waals surface area contributed by atoms with Crippen molar-refractivity contribution in [2.45, 2.75) is 85.4 Å². The molecule has 5 heteroatoms. The molecule has 0 bridgehead atoms. The predicted molar refractivity (Wildman–Crippen MR) is 112 cm³/mol. The van der Waals surface area contributed by atoms with Crippen LogP contribution in [0, 0.1) is 5.41 Å². The minimum atomic E-state index is -0.466. The molecule has 1 aromatic rings. The van der Waals surface area contributed by atoms with Crippen LogP contribution in [0.1, 0.15) is 74.3 Å². The highest BCUT2D eigenvalue weighted by atomic mass is 16.7. The molecule has 27 heavy (non-hydrogen) atoms. The first-order valence-corrected chi connectivity index (χ1v) is 9.80. The zero-order chi connectivity index (χ0) is 20.7. The Morgan fingerprint density at radius 1 is 0.963 bits per heavy atom. The Morgan fingerprint density at radius 2 is 1.52 bits per heavy atom. The van der Waals surface area contributed by atoms with Crippen LogP contribution in [0.3, 0.4) is 0 Å².